The Balaban J connectivity index is 2.00. The van der Waals surface area contributed by atoms with Gasteiger partial charge in [-0.25, -0.2) is 0 Å². The van der Waals surface area contributed by atoms with Gasteiger partial charge in [0.15, 0.2) is 5.76 Å². The van der Waals surface area contributed by atoms with Gasteiger partial charge in [0.1, 0.15) is 5.76 Å². The van der Waals surface area contributed by atoms with E-state index in [4.69, 9.17) is 4.42 Å². The minimum atomic E-state index is -0.569. The lowest BCUT2D eigenvalue weighted by Crippen LogP contribution is -2.30. The fourth-order valence-corrected chi connectivity index (χ4v) is 3.66. The van der Waals surface area contributed by atoms with Crippen molar-refractivity contribution < 1.29 is 14.3 Å². The van der Waals surface area contributed by atoms with Gasteiger partial charge in [-0.2, -0.15) is 0 Å². The van der Waals surface area contributed by atoms with Crippen molar-refractivity contribution >= 4 is 11.6 Å². The summed E-state index contributed by atoms with van der Waals surface area (Å²) < 4.78 is 5.96. The molecule has 0 radical (unpaired) electrons. The summed E-state index contributed by atoms with van der Waals surface area (Å²) in [5.74, 6) is 0.951. The second-order valence-electron chi connectivity index (χ2n) is 7.34. The minimum Gasteiger partial charge on any atom is -0.455 e. The lowest BCUT2D eigenvalue weighted by atomic mass is 9.75. The van der Waals surface area contributed by atoms with E-state index in [0.29, 0.717) is 18.7 Å². The van der Waals surface area contributed by atoms with Crippen LogP contribution in [0.1, 0.15) is 60.7 Å². The fraction of sp³-hybridized carbons (Fsp3) is 0.450. The van der Waals surface area contributed by atoms with Crippen molar-refractivity contribution in [2.24, 2.45) is 5.41 Å². The van der Waals surface area contributed by atoms with Gasteiger partial charge in [0, 0.05) is 29.8 Å². The van der Waals surface area contributed by atoms with Crippen LogP contribution in [0.2, 0.25) is 0 Å². The average Bonchev–Trinajstić information content (AvgIpc) is 2.84. The third kappa shape index (κ3) is 2.86. The van der Waals surface area contributed by atoms with Gasteiger partial charge in [-0.15, -0.1) is 0 Å². The van der Waals surface area contributed by atoms with Crippen LogP contribution in [0, 0.1) is 12.3 Å². The SMILES string of the molecule is CCN(C(=O)c1oc2c(c1C)C(O)CC(C)(C)C2)c1ccccc1. The number of hydrogen-bond acceptors (Lipinski definition) is 3. The van der Waals surface area contributed by atoms with Gasteiger partial charge in [-0.1, -0.05) is 32.0 Å². The van der Waals surface area contributed by atoms with Crippen LogP contribution in [-0.2, 0) is 6.42 Å². The van der Waals surface area contributed by atoms with Gasteiger partial charge < -0.3 is 14.4 Å². The number of carbonyl (C=O) groups is 1. The van der Waals surface area contributed by atoms with Crippen LogP contribution in [0.3, 0.4) is 0 Å². The van der Waals surface area contributed by atoms with Crippen molar-refractivity contribution in [2.45, 2.75) is 46.6 Å². The van der Waals surface area contributed by atoms with Crippen LogP contribution in [0.4, 0.5) is 5.69 Å². The second kappa shape index (κ2) is 6.10. The zero-order valence-corrected chi connectivity index (χ0v) is 14.8. The van der Waals surface area contributed by atoms with E-state index in [1.165, 1.54) is 0 Å². The number of hydrogen-bond donors (Lipinski definition) is 1. The Hall–Kier alpha value is -2.07. The average molecular weight is 327 g/mol. The monoisotopic (exact) mass is 327 g/mol. The molecule has 1 heterocycles. The summed E-state index contributed by atoms with van der Waals surface area (Å²) in [5, 5.41) is 10.5. The van der Waals surface area contributed by atoms with Crippen molar-refractivity contribution in [3.63, 3.8) is 0 Å². The summed E-state index contributed by atoms with van der Waals surface area (Å²) in [7, 11) is 0. The fourth-order valence-electron chi connectivity index (χ4n) is 3.66. The zero-order valence-electron chi connectivity index (χ0n) is 14.8. The first-order chi connectivity index (χ1) is 11.3. The molecular formula is C20H25NO3. The number of fused-ring (bicyclic) bond motifs is 1. The van der Waals surface area contributed by atoms with Crippen LogP contribution >= 0.6 is 0 Å². The molecule has 0 aliphatic heterocycles. The number of rotatable bonds is 3. The number of amides is 1. The Morgan fingerprint density at radius 1 is 1.33 bits per heavy atom. The van der Waals surface area contributed by atoms with E-state index in [9.17, 15) is 9.90 Å². The molecule has 128 valence electrons. The molecule has 4 heteroatoms. The number of furan rings is 1. The molecule has 1 aromatic heterocycles. The normalized spacial score (nSPS) is 19.0. The Bertz CT molecular complexity index is 746. The number of benzene rings is 1. The van der Waals surface area contributed by atoms with Gasteiger partial charge in [0.05, 0.1) is 6.10 Å². The molecule has 0 spiro atoms. The smallest absolute Gasteiger partial charge is 0.294 e. The molecule has 1 aliphatic carbocycles. The van der Waals surface area contributed by atoms with Gasteiger partial charge >= 0.3 is 0 Å². The number of aliphatic hydroxyl groups excluding tert-OH is 1. The van der Waals surface area contributed by atoms with Gasteiger partial charge in [0.2, 0.25) is 0 Å². The molecule has 1 N–H and O–H groups in total. The van der Waals surface area contributed by atoms with Crippen molar-refractivity contribution in [3.8, 4) is 0 Å². The first-order valence-electron chi connectivity index (χ1n) is 8.51. The number of nitrogens with zero attached hydrogens (tertiary/aromatic N) is 1. The molecule has 2 aromatic rings. The molecule has 1 amide bonds. The topological polar surface area (TPSA) is 53.7 Å². The van der Waals surface area contributed by atoms with E-state index in [1.54, 1.807) is 4.90 Å². The van der Waals surface area contributed by atoms with E-state index in [0.717, 1.165) is 29.0 Å². The maximum absolute atomic E-state index is 13.0. The van der Waals surface area contributed by atoms with Crippen LogP contribution in [-0.4, -0.2) is 17.6 Å². The number of anilines is 1. The highest BCUT2D eigenvalue weighted by atomic mass is 16.4. The molecule has 1 atom stereocenters. The molecule has 0 saturated carbocycles. The lowest BCUT2D eigenvalue weighted by molar-refractivity contribution is 0.0901. The Morgan fingerprint density at radius 3 is 2.62 bits per heavy atom. The summed E-state index contributed by atoms with van der Waals surface area (Å²) in [6.07, 6.45) is 0.857. The lowest BCUT2D eigenvalue weighted by Gasteiger charge is -2.31. The summed E-state index contributed by atoms with van der Waals surface area (Å²) in [4.78, 5) is 14.7. The maximum atomic E-state index is 13.0. The first-order valence-corrected chi connectivity index (χ1v) is 8.51. The molecule has 0 bridgehead atoms. The Kier molecular flexibility index (Phi) is 4.26. The predicted octanol–water partition coefficient (Wildman–Crippen LogP) is 4.26. The van der Waals surface area contributed by atoms with Crippen molar-refractivity contribution in [1.29, 1.82) is 0 Å². The van der Waals surface area contributed by atoms with Crippen LogP contribution in [0.15, 0.2) is 34.7 Å². The van der Waals surface area contributed by atoms with Crippen molar-refractivity contribution in [2.75, 3.05) is 11.4 Å². The second-order valence-corrected chi connectivity index (χ2v) is 7.34. The molecule has 1 aliphatic rings. The third-order valence-electron chi connectivity index (χ3n) is 4.81. The Labute approximate surface area is 143 Å². The highest BCUT2D eigenvalue weighted by molar-refractivity contribution is 6.05. The molecule has 1 aromatic carbocycles. The van der Waals surface area contributed by atoms with E-state index in [2.05, 4.69) is 13.8 Å². The highest BCUT2D eigenvalue weighted by Gasteiger charge is 2.37. The minimum absolute atomic E-state index is 0.0269. The van der Waals surface area contributed by atoms with Crippen LogP contribution in [0.5, 0.6) is 0 Å². The molecule has 0 fully saturated rings. The zero-order chi connectivity index (χ0) is 17.5. The van der Waals surface area contributed by atoms with E-state index in [1.807, 2.05) is 44.2 Å². The highest BCUT2D eigenvalue weighted by Crippen LogP contribution is 2.44. The molecule has 4 nitrogen and oxygen atoms in total. The van der Waals surface area contributed by atoms with Gasteiger partial charge in [-0.05, 0) is 37.8 Å². The molecule has 24 heavy (non-hydrogen) atoms. The first kappa shape index (κ1) is 16.8. The maximum Gasteiger partial charge on any atom is 0.294 e. The van der Waals surface area contributed by atoms with E-state index in [-0.39, 0.29) is 11.3 Å². The number of carbonyl (C=O) groups excluding carboxylic acids is 1. The largest absolute Gasteiger partial charge is 0.455 e. The molecule has 3 rings (SSSR count). The summed E-state index contributed by atoms with van der Waals surface area (Å²) in [6, 6.07) is 9.58. The van der Waals surface area contributed by atoms with Crippen molar-refractivity contribution in [1.82, 2.24) is 0 Å². The van der Waals surface area contributed by atoms with Crippen LogP contribution in [0.25, 0.3) is 0 Å². The predicted molar refractivity (Wildman–Crippen MR) is 94.3 cm³/mol. The molecule has 1 unspecified atom stereocenters. The summed E-state index contributed by atoms with van der Waals surface area (Å²) in [6.45, 7) is 8.60. The van der Waals surface area contributed by atoms with Crippen molar-refractivity contribution in [3.05, 3.63) is 53.0 Å². The number of aliphatic hydroxyl groups is 1. The van der Waals surface area contributed by atoms with E-state index >= 15 is 0 Å². The molecular weight excluding hydrogens is 302 g/mol. The summed E-state index contributed by atoms with van der Waals surface area (Å²) in [5.41, 5.74) is 2.40. The standard InChI is InChI=1S/C20H25NO3/c1-5-21(14-9-7-6-8-10-14)19(23)18-13(2)17-15(22)11-20(3,4)12-16(17)24-18/h6-10,15,22H,5,11-12H2,1-4H3. The van der Waals surface area contributed by atoms with Gasteiger partial charge in [-0.3, -0.25) is 4.79 Å². The third-order valence-corrected chi connectivity index (χ3v) is 4.81. The number of para-hydroxylation sites is 1. The van der Waals surface area contributed by atoms with E-state index < -0.39 is 6.10 Å². The Morgan fingerprint density at radius 2 is 2.00 bits per heavy atom. The quantitative estimate of drug-likeness (QED) is 0.916. The van der Waals surface area contributed by atoms with Gasteiger partial charge in [0.25, 0.3) is 5.91 Å². The van der Waals surface area contributed by atoms with Crippen LogP contribution < -0.4 is 4.90 Å². The summed E-state index contributed by atoms with van der Waals surface area (Å²) >= 11 is 0. The molecule has 0 saturated heterocycles.